The Morgan fingerprint density at radius 3 is 2.47 bits per heavy atom. The second-order valence-corrected chi connectivity index (χ2v) is 9.94. The summed E-state index contributed by atoms with van der Waals surface area (Å²) < 4.78 is 47.2. The van der Waals surface area contributed by atoms with Crippen molar-refractivity contribution in [3.8, 4) is 0 Å². The number of benzene rings is 2. The van der Waals surface area contributed by atoms with Crippen LogP contribution in [0.25, 0.3) is 0 Å². The second-order valence-electron chi connectivity index (χ2n) is 8.30. The van der Waals surface area contributed by atoms with E-state index in [2.05, 4.69) is 17.0 Å². The third-order valence-electron chi connectivity index (χ3n) is 5.87. The molecule has 0 aliphatic carbocycles. The fourth-order valence-electron chi connectivity index (χ4n) is 4.21. The molecule has 0 aromatic heterocycles. The van der Waals surface area contributed by atoms with Crippen molar-refractivity contribution in [1.82, 2.24) is 4.90 Å². The van der Waals surface area contributed by atoms with Crippen LogP contribution in [0.5, 0.6) is 0 Å². The molecule has 32 heavy (non-hydrogen) atoms. The molecule has 0 saturated carbocycles. The maximum Gasteiger partial charge on any atom is 0.313 e. The number of ether oxygens (including phenoxy) is 1. The molecule has 2 aliphatic rings. The van der Waals surface area contributed by atoms with Gasteiger partial charge in [-0.25, -0.2) is 4.39 Å². The average Bonchev–Trinajstić information content (AvgIpc) is 3.14. The monoisotopic (exact) mass is 462 g/mol. The number of hydrogen-bond acceptors (Lipinski definition) is 7. The van der Waals surface area contributed by atoms with E-state index in [0.29, 0.717) is 11.3 Å². The second kappa shape index (κ2) is 9.56. The molecule has 0 amide bonds. The summed E-state index contributed by atoms with van der Waals surface area (Å²) in [5.74, 6) is -1.49. The fourth-order valence-corrected chi connectivity index (χ4v) is 4.61. The lowest BCUT2D eigenvalue weighted by Gasteiger charge is -2.36. The largest absolute Gasteiger partial charge is 0.459 e. The molecule has 2 atom stereocenters. The van der Waals surface area contributed by atoms with Gasteiger partial charge in [-0.1, -0.05) is 36.4 Å². The highest BCUT2D eigenvalue weighted by Gasteiger charge is 2.36. The van der Waals surface area contributed by atoms with Crippen LogP contribution in [0.1, 0.15) is 23.5 Å². The van der Waals surface area contributed by atoms with E-state index in [-0.39, 0.29) is 18.8 Å². The van der Waals surface area contributed by atoms with Crippen LogP contribution < -0.4 is 4.90 Å². The van der Waals surface area contributed by atoms with Gasteiger partial charge in [-0.3, -0.25) is 13.9 Å². The van der Waals surface area contributed by atoms with Crippen LogP contribution in [0.15, 0.2) is 48.5 Å². The van der Waals surface area contributed by atoms with Crippen LogP contribution in [-0.2, 0) is 30.4 Å². The topological polar surface area (TPSA) is 76.2 Å². The number of rotatable bonds is 7. The predicted octanol–water partition coefficient (Wildman–Crippen LogP) is 2.52. The summed E-state index contributed by atoms with van der Waals surface area (Å²) in [6.07, 6.45) is 0.532. The number of carbonyl (C=O) groups excluding carboxylic acids is 1. The summed E-state index contributed by atoms with van der Waals surface area (Å²) in [4.78, 5) is 16.6. The number of esters is 1. The number of anilines is 1. The quantitative estimate of drug-likeness (QED) is 0.462. The van der Waals surface area contributed by atoms with Crippen LogP contribution >= 0.6 is 0 Å². The fraction of sp³-hybridized carbons (Fsp3) is 0.435. The molecule has 1 unspecified atom stereocenters. The molecule has 2 fully saturated rings. The standard InChI is InChI=1S/C23H27FN2O5S/c1-32(28,29)30-16-19-14-20(23(27)31-19)18-7-8-22(21(24)13-18)26-11-9-25(10-12-26)15-17-5-3-2-4-6-17/h2-8,13,19-20H,9-12,14-16H2,1H3/t19-,20?/m1/s1. The Morgan fingerprint density at radius 1 is 1.09 bits per heavy atom. The number of nitrogens with zero attached hydrogens (tertiary/aromatic N) is 2. The van der Waals surface area contributed by atoms with Crippen LogP contribution in [0.2, 0.25) is 0 Å². The summed E-state index contributed by atoms with van der Waals surface area (Å²) >= 11 is 0. The molecule has 172 valence electrons. The first-order valence-electron chi connectivity index (χ1n) is 10.6. The first-order valence-corrected chi connectivity index (χ1v) is 12.5. The van der Waals surface area contributed by atoms with Gasteiger partial charge in [-0.15, -0.1) is 0 Å². The molecule has 0 bridgehead atoms. The maximum atomic E-state index is 14.9. The summed E-state index contributed by atoms with van der Waals surface area (Å²) in [6, 6.07) is 15.1. The van der Waals surface area contributed by atoms with Crippen LogP contribution in [0.3, 0.4) is 0 Å². The minimum absolute atomic E-state index is 0.227. The summed E-state index contributed by atoms with van der Waals surface area (Å²) in [6.45, 7) is 3.78. The van der Waals surface area contributed by atoms with E-state index < -0.39 is 28.1 Å². The summed E-state index contributed by atoms with van der Waals surface area (Å²) in [5, 5.41) is 0. The van der Waals surface area contributed by atoms with Gasteiger partial charge >= 0.3 is 5.97 Å². The highest BCUT2D eigenvalue weighted by Crippen LogP contribution is 2.33. The van der Waals surface area contributed by atoms with Crippen LogP contribution in [0, 0.1) is 5.82 Å². The van der Waals surface area contributed by atoms with E-state index in [9.17, 15) is 17.6 Å². The first-order chi connectivity index (χ1) is 15.3. The first kappa shape index (κ1) is 22.7. The van der Waals surface area contributed by atoms with Gasteiger partial charge in [0.05, 0.1) is 17.9 Å². The van der Waals surface area contributed by atoms with Gasteiger partial charge in [-0.2, -0.15) is 8.42 Å². The van der Waals surface area contributed by atoms with Crippen molar-refractivity contribution in [2.75, 3.05) is 43.9 Å². The molecule has 0 spiro atoms. The van der Waals surface area contributed by atoms with Crippen molar-refractivity contribution in [3.63, 3.8) is 0 Å². The number of piperazine rings is 1. The van der Waals surface area contributed by atoms with E-state index in [0.717, 1.165) is 39.0 Å². The average molecular weight is 463 g/mol. The molecular weight excluding hydrogens is 435 g/mol. The number of halogens is 1. The summed E-state index contributed by atoms with van der Waals surface area (Å²) in [5.41, 5.74) is 2.32. The van der Waals surface area contributed by atoms with E-state index in [1.165, 1.54) is 11.6 Å². The SMILES string of the molecule is CS(=O)(=O)OC[C@H]1CC(c2ccc(N3CCN(Cc4ccccc4)CC3)c(F)c2)C(=O)O1. The molecule has 2 aromatic rings. The number of cyclic esters (lactones) is 1. The van der Waals surface area contributed by atoms with Crippen molar-refractivity contribution in [1.29, 1.82) is 0 Å². The van der Waals surface area contributed by atoms with E-state index in [1.807, 2.05) is 23.1 Å². The lowest BCUT2D eigenvalue weighted by atomic mass is 9.95. The third kappa shape index (κ3) is 5.65. The van der Waals surface area contributed by atoms with Gasteiger partial charge in [0.15, 0.2) is 0 Å². The van der Waals surface area contributed by atoms with Crippen molar-refractivity contribution < 1.29 is 26.5 Å². The zero-order chi connectivity index (χ0) is 22.7. The van der Waals surface area contributed by atoms with Crippen molar-refractivity contribution in [2.24, 2.45) is 0 Å². The molecule has 2 aliphatic heterocycles. The zero-order valence-corrected chi connectivity index (χ0v) is 18.8. The van der Waals surface area contributed by atoms with Gasteiger partial charge in [0, 0.05) is 39.1 Å². The number of carbonyl (C=O) groups is 1. The normalized spacial score (nSPS) is 22.2. The summed E-state index contributed by atoms with van der Waals surface area (Å²) in [7, 11) is -3.62. The molecule has 9 heteroatoms. The Morgan fingerprint density at radius 2 is 1.81 bits per heavy atom. The van der Waals surface area contributed by atoms with E-state index in [4.69, 9.17) is 8.92 Å². The molecule has 7 nitrogen and oxygen atoms in total. The maximum absolute atomic E-state index is 14.9. The minimum atomic E-state index is -3.62. The lowest BCUT2D eigenvalue weighted by Crippen LogP contribution is -2.46. The van der Waals surface area contributed by atoms with Gasteiger partial charge < -0.3 is 9.64 Å². The molecule has 0 N–H and O–H groups in total. The molecule has 2 heterocycles. The van der Waals surface area contributed by atoms with Crippen molar-refractivity contribution in [3.05, 3.63) is 65.5 Å². The molecule has 2 aromatic carbocycles. The van der Waals surface area contributed by atoms with E-state index >= 15 is 0 Å². The van der Waals surface area contributed by atoms with Crippen molar-refractivity contribution in [2.45, 2.75) is 25.0 Å². The molecular formula is C23H27FN2O5S. The van der Waals surface area contributed by atoms with Gasteiger partial charge in [0.1, 0.15) is 18.5 Å². The van der Waals surface area contributed by atoms with Gasteiger partial charge in [0.2, 0.25) is 0 Å². The smallest absolute Gasteiger partial charge is 0.313 e. The van der Waals surface area contributed by atoms with Crippen molar-refractivity contribution >= 4 is 21.8 Å². The van der Waals surface area contributed by atoms with E-state index in [1.54, 1.807) is 12.1 Å². The Hall–Kier alpha value is -2.49. The highest BCUT2D eigenvalue weighted by atomic mass is 32.2. The van der Waals surface area contributed by atoms with Crippen LogP contribution in [-0.4, -0.2) is 64.4 Å². The Labute approximate surface area is 187 Å². The Bertz CT molecular complexity index is 1060. The van der Waals surface area contributed by atoms with Gasteiger partial charge in [0.25, 0.3) is 10.1 Å². The Kier molecular flexibility index (Phi) is 6.78. The Balaban J connectivity index is 1.35. The molecule has 2 saturated heterocycles. The predicted molar refractivity (Wildman–Crippen MR) is 118 cm³/mol. The highest BCUT2D eigenvalue weighted by molar-refractivity contribution is 7.85. The minimum Gasteiger partial charge on any atom is -0.459 e. The van der Waals surface area contributed by atoms with Crippen LogP contribution in [0.4, 0.5) is 10.1 Å². The number of hydrogen-bond donors (Lipinski definition) is 0. The molecule has 4 rings (SSSR count). The third-order valence-corrected chi connectivity index (χ3v) is 6.43. The van der Waals surface area contributed by atoms with Gasteiger partial charge in [-0.05, 0) is 23.3 Å². The zero-order valence-electron chi connectivity index (χ0n) is 17.9. The molecule has 0 radical (unpaired) electrons. The lowest BCUT2D eigenvalue weighted by molar-refractivity contribution is -0.143.